The van der Waals surface area contributed by atoms with Crippen molar-refractivity contribution < 1.29 is 19.0 Å². The van der Waals surface area contributed by atoms with Crippen LogP contribution in [-0.4, -0.2) is 25.8 Å². The van der Waals surface area contributed by atoms with Crippen LogP contribution in [0.2, 0.25) is 0 Å². The van der Waals surface area contributed by atoms with Crippen LogP contribution < -0.4 is 9.47 Å². The highest BCUT2D eigenvalue weighted by molar-refractivity contribution is 9.10. The molecule has 0 fully saturated rings. The van der Waals surface area contributed by atoms with E-state index in [9.17, 15) is 4.79 Å². The van der Waals surface area contributed by atoms with Crippen LogP contribution in [0.3, 0.4) is 0 Å². The van der Waals surface area contributed by atoms with Gasteiger partial charge in [0.2, 0.25) is 0 Å². The molecule has 0 radical (unpaired) electrons. The molecule has 0 saturated carbocycles. The first-order valence-corrected chi connectivity index (χ1v) is 6.43. The number of nitriles is 1. The molecule has 0 aromatic heterocycles. The van der Waals surface area contributed by atoms with Crippen LogP contribution >= 0.6 is 15.9 Å². The standard InChI is InChI=1S/C13H14BrNO4/c1-4-18-11-6-9(5-10(14)12(11)17-3)13(16)19-8(2)7-15/h5-6,8H,4H2,1-3H3/t8-/m1/s1. The van der Waals surface area contributed by atoms with Gasteiger partial charge < -0.3 is 14.2 Å². The lowest BCUT2D eigenvalue weighted by Gasteiger charge is -2.13. The lowest BCUT2D eigenvalue weighted by molar-refractivity contribution is 0.0435. The summed E-state index contributed by atoms with van der Waals surface area (Å²) < 4.78 is 16.1. The van der Waals surface area contributed by atoms with Gasteiger partial charge in [-0.2, -0.15) is 5.26 Å². The van der Waals surface area contributed by atoms with Crippen LogP contribution in [0.15, 0.2) is 16.6 Å². The molecule has 1 atom stereocenters. The third kappa shape index (κ3) is 3.86. The van der Waals surface area contributed by atoms with E-state index in [1.165, 1.54) is 20.1 Å². The summed E-state index contributed by atoms with van der Waals surface area (Å²) >= 11 is 3.30. The summed E-state index contributed by atoms with van der Waals surface area (Å²) in [6.07, 6.45) is -0.802. The lowest BCUT2D eigenvalue weighted by Crippen LogP contribution is -2.13. The monoisotopic (exact) mass is 327 g/mol. The third-order valence-electron chi connectivity index (χ3n) is 2.21. The zero-order valence-corrected chi connectivity index (χ0v) is 12.5. The Hall–Kier alpha value is -1.74. The number of benzene rings is 1. The summed E-state index contributed by atoms with van der Waals surface area (Å²) in [5.41, 5.74) is 0.290. The summed E-state index contributed by atoms with van der Waals surface area (Å²) in [5, 5.41) is 8.62. The van der Waals surface area contributed by atoms with E-state index in [0.717, 1.165) is 0 Å². The molecule has 0 aliphatic rings. The quantitative estimate of drug-likeness (QED) is 0.778. The van der Waals surface area contributed by atoms with Gasteiger partial charge in [0.05, 0.1) is 23.8 Å². The van der Waals surface area contributed by atoms with Crippen molar-refractivity contribution in [3.8, 4) is 17.6 Å². The third-order valence-corrected chi connectivity index (χ3v) is 2.80. The highest BCUT2D eigenvalue weighted by Crippen LogP contribution is 2.36. The maximum absolute atomic E-state index is 11.8. The van der Waals surface area contributed by atoms with Crippen molar-refractivity contribution >= 4 is 21.9 Å². The van der Waals surface area contributed by atoms with E-state index < -0.39 is 12.1 Å². The van der Waals surface area contributed by atoms with Crippen LogP contribution in [0.25, 0.3) is 0 Å². The Morgan fingerprint density at radius 3 is 2.74 bits per heavy atom. The van der Waals surface area contributed by atoms with Crippen LogP contribution in [-0.2, 0) is 4.74 Å². The van der Waals surface area contributed by atoms with Crippen LogP contribution in [0.5, 0.6) is 11.5 Å². The number of carbonyl (C=O) groups is 1. The zero-order chi connectivity index (χ0) is 14.4. The van der Waals surface area contributed by atoms with Gasteiger partial charge in [-0.3, -0.25) is 0 Å². The maximum atomic E-state index is 11.8. The predicted molar refractivity (Wildman–Crippen MR) is 72.4 cm³/mol. The van der Waals surface area contributed by atoms with Gasteiger partial charge in [-0.25, -0.2) is 4.79 Å². The van der Waals surface area contributed by atoms with Gasteiger partial charge in [0.25, 0.3) is 0 Å². The number of hydrogen-bond donors (Lipinski definition) is 0. The fraction of sp³-hybridized carbons (Fsp3) is 0.385. The molecule has 0 aliphatic heterocycles. The molecule has 0 amide bonds. The van der Waals surface area contributed by atoms with Crippen molar-refractivity contribution in [2.75, 3.05) is 13.7 Å². The van der Waals surface area contributed by atoms with E-state index >= 15 is 0 Å². The van der Waals surface area contributed by atoms with Crippen LogP contribution in [0, 0.1) is 11.3 Å². The SMILES string of the molecule is CCOc1cc(C(=O)O[C@H](C)C#N)cc(Br)c1OC. The first kappa shape index (κ1) is 15.3. The molecule has 5 nitrogen and oxygen atoms in total. The molecular weight excluding hydrogens is 314 g/mol. The molecule has 1 rings (SSSR count). The molecule has 0 spiro atoms. The number of methoxy groups -OCH3 is 1. The molecule has 1 aromatic carbocycles. The Balaban J connectivity index is 3.10. The van der Waals surface area contributed by atoms with Crippen molar-refractivity contribution in [1.29, 1.82) is 5.26 Å². The van der Waals surface area contributed by atoms with Gasteiger partial charge in [-0.1, -0.05) is 0 Å². The highest BCUT2D eigenvalue weighted by Gasteiger charge is 2.17. The first-order chi connectivity index (χ1) is 9.03. The first-order valence-electron chi connectivity index (χ1n) is 5.64. The minimum absolute atomic E-state index is 0.290. The summed E-state index contributed by atoms with van der Waals surface area (Å²) in [6.45, 7) is 3.77. The molecule has 0 bridgehead atoms. The molecule has 6 heteroatoms. The Morgan fingerprint density at radius 2 is 2.21 bits per heavy atom. The molecule has 0 saturated heterocycles. The Bertz CT molecular complexity index is 510. The summed E-state index contributed by atoms with van der Waals surface area (Å²) in [5.74, 6) is 0.362. The Morgan fingerprint density at radius 1 is 1.53 bits per heavy atom. The number of hydrogen-bond acceptors (Lipinski definition) is 5. The van der Waals surface area contributed by atoms with Gasteiger partial charge >= 0.3 is 5.97 Å². The second kappa shape index (κ2) is 7.00. The topological polar surface area (TPSA) is 68.5 Å². The summed E-state index contributed by atoms with van der Waals surface area (Å²) in [7, 11) is 1.51. The summed E-state index contributed by atoms with van der Waals surface area (Å²) in [4.78, 5) is 11.8. The zero-order valence-electron chi connectivity index (χ0n) is 10.9. The highest BCUT2D eigenvalue weighted by atomic mass is 79.9. The van der Waals surface area contributed by atoms with Gasteiger partial charge in [0, 0.05) is 0 Å². The van der Waals surface area contributed by atoms with E-state index in [0.29, 0.717) is 28.1 Å². The van der Waals surface area contributed by atoms with E-state index in [1.807, 2.05) is 13.0 Å². The van der Waals surface area contributed by atoms with E-state index in [1.54, 1.807) is 6.07 Å². The Labute approximate surface area is 120 Å². The average molecular weight is 328 g/mol. The molecule has 19 heavy (non-hydrogen) atoms. The van der Waals surface area contributed by atoms with Crippen LogP contribution in [0.1, 0.15) is 24.2 Å². The van der Waals surface area contributed by atoms with Gasteiger partial charge in [0.1, 0.15) is 6.07 Å². The summed E-state index contributed by atoms with van der Waals surface area (Å²) in [6, 6.07) is 4.92. The minimum atomic E-state index is -0.802. The smallest absolute Gasteiger partial charge is 0.339 e. The lowest BCUT2D eigenvalue weighted by atomic mass is 10.2. The number of ether oxygens (including phenoxy) is 3. The number of carbonyl (C=O) groups excluding carboxylic acids is 1. The number of halogens is 1. The van der Waals surface area contributed by atoms with Crippen molar-refractivity contribution in [2.24, 2.45) is 0 Å². The molecule has 0 unspecified atom stereocenters. The Kier molecular flexibility index (Phi) is 5.64. The van der Waals surface area contributed by atoms with Gasteiger partial charge in [-0.05, 0) is 41.9 Å². The van der Waals surface area contributed by atoms with Gasteiger partial charge in [0.15, 0.2) is 17.6 Å². The fourth-order valence-electron chi connectivity index (χ4n) is 1.40. The molecule has 1 aromatic rings. The number of nitrogens with zero attached hydrogens (tertiary/aromatic N) is 1. The average Bonchev–Trinajstić information content (AvgIpc) is 2.38. The van der Waals surface area contributed by atoms with Crippen molar-refractivity contribution in [1.82, 2.24) is 0 Å². The van der Waals surface area contributed by atoms with Crippen molar-refractivity contribution in [3.05, 3.63) is 22.2 Å². The van der Waals surface area contributed by atoms with Crippen LogP contribution in [0.4, 0.5) is 0 Å². The second-order valence-corrected chi connectivity index (χ2v) is 4.45. The molecule has 102 valence electrons. The van der Waals surface area contributed by atoms with E-state index in [2.05, 4.69) is 15.9 Å². The van der Waals surface area contributed by atoms with E-state index in [4.69, 9.17) is 19.5 Å². The number of esters is 1. The largest absolute Gasteiger partial charge is 0.492 e. The normalized spacial score (nSPS) is 11.3. The number of rotatable bonds is 5. The predicted octanol–water partition coefficient (Wildman–Crippen LogP) is 2.93. The second-order valence-electron chi connectivity index (χ2n) is 3.60. The van der Waals surface area contributed by atoms with E-state index in [-0.39, 0.29) is 0 Å². The van der Waals surface area contributed by atoms with Gasteiger partial charge in [-0.15, -0.1) is 0 Å². The maximum Gasteiger partial charge on any atom is 0.339 e. The molecule has 0 N–H and O–H groups in total. The molecule has 0 heterocycles. The minimum Gasteiger partial charge on any atom is -0.492 e. The molecular formula is C13H14BrNO4. The van der Waals surface area contributed by atoms with Crippen molar-refractivity contribution in [3.63, 3.8) is 0 Å². The molecule has 0 aliphatic carbocycles. The van der Waals surface area contributed by atoms with Crippen molar-refractivity contribution in [2.45, 2.75) is 20.0 Å². The fourth-order valence-corrected chi connectivity index (χ4v) is 2.01.